The van der Waals surface area contributed by atoms with E-state index in [0.717, 1.165) is 77.5 Å². The Morgan fingerprint density at radius 1 is 0.639 bits per heavy atom. The molecule has 2 aromatic rings. The molecule has 0 aromatic heterocycles. The molecule has 147 heavy (non-hydrogen) atoms. The maximum atomic E-state index is 18.2. The van der Waals surface area contributed by atoms with E-state index in [1.807, 2.05) is 67.5 Å². The minimum Gasteiger partial charge on any atom is -0.390 e. The van der Waals surface area contributed by atoms with E-state index in [4.69, 9.17) is 72.2 Å². The molecular formula is C105H166F2N15O25+. The molecule has 824 valence electrons. The Bertz CT molecular complexity index is 4670. The van der Waals surface area contributed by atoms with Crippen LogP contribution in [0.4, 0.5) is 14.5 Å². The summed E-state index contributed by atoms with van der Waals surface area (Å²) in [6, 6.07) is 12.9. The Balaban J connectivity index is 0.641. The number of aliphatic hydroxyl groups excluding tert-OH is 1. The van der Waals surface area contributed by atoms with Crippen LogP contribution in [0, 0.1) is 34.5 Å². The molecule has 5 aliphatic carbocycles. The predicted octanol–water partition coefficient (Wildman–Crippen LogP) is 4.60. The SMILES string of the molecule is CCCC1O[C@@H]2C[C@H]3[C@@H]4C[C@H](F)C5=CC(=O)C=C[C@]5(C)[C@@]4(F)[C@@H](O)C[C@]3(C)[C@]2(C(=O)CNC(=O)[C@H](C)CC(=O)[C@@H](NC(=O)[C@@H](CCCCNC(=O)COC2CCCCCC3=C2NNN3CCOCCOCCOCCOCCC(=O)NCC[N+](C)(C)C)NC(=O)CCOCCOCCOCCOCCNC(=O)CCC(=O)N2Cc3ccccc3/C(NCCOCCOCCOCCNC)=C(/NN)c3ccccc32)C(C)C)O1. The quantitative estimate of drug-likeness (QED) is 0.0186. The number of unbranched alkanes of at least 4 members (excludes halogenated alkanes) is 1. The molecule has 14 N–H and O–H groups in total. The zero-order valence-electron chi connectivity index (χ0n) is 88.0. The number of quaternary nitrogens is 1. The van der Waals surface area contributed by atoms with E-state index in [1.54, 1.807) is 25.7 Å². The lowest BCUT2D eigenvalue weighted by Crippen LogP contribution is -2.71. The number of nitrogens with zero attached hydrogens (tertiary/aromatic N) is 3. The number of hydrazine groups is 3. The van der Waals surface area contributed by atoms with Crippen molar-refractivity contribution in [3.8, 4) is 0 Å². The molecule has 4 fully saturated rings. The van der Waals surface area contributed by atoms with Crippen LogP contribution in [-0.2, 0) is 121 Å². The summed E-state index contributed by atoms with van der Waals surface area (Å²) in [6.45, 7) is 20.6. The molecule has 3 aliphatic heterocycles. The summed E-state index contributed by atoms with van der Waals surface area (Å²) >= 11 is 0. The van der Waals surface area contributed by atoms with Crippen LogP contribution in [0.15, 0.2) is 83.7 Å². The number of benzene rings is 2. The van der Waals surface area contributed by atoms with Gasteiger partial charge in [0.1, 0.15) is 24.9 Å². The first-order valence-electron chi connectivity index (χ1n) is 52.7. The number of anilines is 1. The van der Waals surface area contributed by atoms with Gasteiger partial charge in [0.15, 0.2) is 34.9 Å². The Morgan fingerprint density at radius 2 is 1.23 bits per heavy atom. The molecule has 10 rings (SSSR count). The summed E-state index contributed by atoms with van der Waals surface area (Å²) < 4.78 is 117. The molecule has 0 radical (unpaired) electrons. The molecule has 42 heteroatoms. The van der Waals surface area contributed by atoms with E-state index in [9.17, 15) is 48.3 Å². The highest BCUT2D eigenvalue weighted by molar-refractivity contribution is 6.03. The number of nitrogens with one attached hydrogen (secondary N) is 11. The highest BCUT2D eigenvalue weighted by Crippen LogP contribution is 2.72. The Kier molecular flexibility index (Phi) is 50.1. The predicted molar refractivity (Wildman–Crippen MR) is 543 cm³/mol. The van der Waals surface area contributed by atoms with Crippen molar-refractivity contribution in [3.05, 3.63) is 100 Å². The van der Waals surface area contributed by atoms with E-state index in [0.29, 0.717) is 168 Å². The summed E-state index contributed by atoms with van der Waals surface area (Å²) in [5.74, 6) is -1.52. The van der Waals surface area contributed by atoms with Crippen molar-refractivity contribution < 1.29 is 133 Å². The summed E-state index contributed by atoms with van der Waals surface area (Å²) in [4.78, 5) is 139. The lowest BCUT2D eigenvalue weighted by molar-refractivity contribution is -0.869. The zero-order chi connectivity index (χ0) is 106. The van der Waals surface area contributed by atoms with Crippen molar-refractivity contribution in [2.24, 2.45) is 40.3 Å². The number of hydrogen-bond acceptors (Lipinski definition) is 32. The standard InChI is InChI=1S/C105H165F2N15O25/c1-11-21-95-146-89-67-78-79-66-81(106)80-65-75(123)31-34-102(80,5)104(79,107)87(125)68-103(78,6)105(89,147-95)88(126)69-114-100(132)73(4)64-85(124)96(72(2)3)116-101(133)82(25-19-20-35-110-93(130)71-145-86-28-14-12-13-27-84-99(86)118-119-121(84)40-47-139-53-59-144-63-61-140-54-48-134-42-32-91(128)111-36-41-122(8,9)10)115-92(129)33-43-135-49-55-141-60-62-143-57-51-137-45-38-112-90(127)29-30-94(131)120-70-74-22-15-16-23-76(74)97(98(117-108)77-24-17-18-26-83(77)120)113-39-46-138-52-58-142-56-50-136-44-37-109-7/h15-18,22-24,26,31,34,65,72-73,78-79,81-82,86-87,89,95-96,109,113,117-119,125H,11-14,19-21,25,27-30,32-33,35-64,66-71,108H2,1-10H3,(H5-,110,111,112,114,115,116,127,128,129,130,132,133)/p+1/b98-97-/t73-,78+,79+,81+,82-,86?,87+,89-,95?,96+,102+,103+,104+,105-/m1/s1. The second-order valence-corrected chi connectivity index (χ2v) is 40.4. The third kappa shape index (κ3) is 34.8. The number of rotatable bonds is 71. The minimum absolute atomic E-state index is 0.0350. The monoisotopic (exact) mass is 2080 g/mol. The van der Waals surface area contributed by atoms with E-state index in [2.05, 4.69) is 80.1 Å². The topological polar surface area (TPSA) is 485 Å². The van der Waals surface area contributed by atoms with Crippen LogP contribution in [0.5, 0.6) is 0 Å². The van der Waals surface area contributed by atoms with Crippen molar-refractivity contribution in [2.45, 2.75) is 218 Å². The summed E-state index contributed by atoms with van der Waals surface area (Å²) in [5.41, 5.74) is 8.46. The number of nitrogens with two attached hydrogens (primary N) is 1. The highest BCUT2D eigenvalue weighted by atomic mass is 19.1. The molecule has 8 aliphatic rings. The fourth-order valence-corrected chi connectivity index (χ4v) is 20.7. The lowest BCUT2D eigenvalue weighted by Gasteiger charge is -2.63. The van der Waals surface area contributed by atoms with Crippen LogP contribution >= 0.6 is 0 Å². The van der Waals surface area contributed by atoms with E-state index < -0.39 is 130 Å². The number of fused-ring (bicyclic) bond motifs is 9. The van der Waals surface area contributed by atoms with Gasteiger partial charge in [-0.05, 0) is 119 Å². The molecular weight excluding hydrogens is 1910 g/mol. The second kappa shape index (κ2) is 61.5. The number of carbonyl (C=O) groups is 10. The molecule has 2 aromatic carbocycles. The van der Waals surface area contributed by atoms with Crippen LogP contribution in [0.3, 0.4) is 0 Å². The van der Waals surface area contributed by atoms with Gasteiger partial charge in [0, 0.05) is 92.1 Å². The molecule has 14 atom stereocenters. The third-order valence-electron chi connectivity index (χ3n) is 28.5. The molecule has 2 unspecified atom stereocenters. The Labute approximate surface area is 864 Å². The normalized spacial score (nSPS) is 24.1. The largest absolute Gasteiger partial charge is 0.390 e. The number of ketones is 3. The number of Topliss-reactive ketones (excluding diaryl/α,β-unsaturated/α-hetero) is 2. The first-order valence-corrected chi connectivity index (χ1v) is 52.7. The van der Waals surface area contributed by atoms with Crippen LogP contribution < -0.4 is 69.7 Å². The molecule has 3 saturated carbocycles. The third-order valence-corrected chi connectivity index (χ3v) is 28.5. The van der Waals surface area contributed by atoms with Gasteiger partial charge in [-0.2, -0.15) is 0 Å². The number of carbonyl (C=O) groups excluding carboxylic acids is 10. The number of alkyl halides is 2. The van der Waals surface area contributed by atoms with Crippen molar-refractivity contribution in [2.75, 3.05) is 237 Å². The van der Waals surface area contributed by atoms with Crippen LogP contribution in [0.1, 0.15) is 174 Å². The van der Waals surface area contributed by atoms with E-state index >= 15 is 13.6 Å². The molecule has 1 saturated heterocycles. The van der Waals surface area contributed by atoms with Crippen LogP contribution in [0.25, 0.3) is 11.4 Å². The van der Waals surface area contributed by atoms with Gasteiger partial charge in [0.05, 0.1) is 246 Å². The number of aliphatic hydroxyl groups is 1. The van der Waals surface area contributed by atoms with Gasteiger partial charge >= 0.3 is 0 Å². The van der Waals surface area contributed by atoms with Gasteiger partial charge in [-0.25, -0.2) is 8.78 Å². The second-order valence-electron chi connectivity index (χ2n) is 40.4. The fraction of sp³-hybridized carbons (Fsp3) is 0.714. The average molecular weight is 2080 g/mol. The molecule has 7 amide bonds. The number of ether oxygens (including phenoxy) is 14. The van der Waals surface area contributed by atoms with Gasteiger partial charge < -0.3 is 134 Å². The maximum Gasteiger partial charge on any atom is 0.246 e. The fourth-order valence-electron chi connectivity index (χ4n) is 20.7. The van der Waals surface area contributed by atoms with Crippen molar-refractivity contribution >= 4 is 75.8 Å². The first-order chi connectivity index (χ1) is 70.8. The number of hydrogen-bond donors (Lipinski definition) is 13. The smallest absolute Gasteiger partial charge is 0.246 e. The summed E-state index contributed by atoms with van der Waals surface area (Å²) in [7, 11) is 8.09. The van der Waals surface area contributed by atoms with Crippen molar-refractivity contribution in [1.29, 1.82) is 0 Å². The van der Waals surface area contributed by atoms with Gasteiger partial charge in [0.2, 0.25) is 41.4 Å². The van der Waals surface area contributed by atoms with Crippen LogP contribution in [0.2, 0.25) is 0 Å². The Morgan fingerprint density at radius 3 is 1.87 bits per heavy atom. The van der Waals surface area contributed by atoms with Gasteiger partial charge in [0.25, 0.3) is 0 Å². The van der Waals surface area contributed by atoms with Gasteiger partial charge in [-0.3, -0.25) is 58.8 Å². The Hall–Kier alpha value is -9.00. The lowest BCUT2D eigenvalue weighted by atomic mass is 9.44. The van der Waals surface area contributed by atoms with Crippen molar-refractivity contribution in [3.63, 3.8) is 0 Å². The summed E-state index contributed by atoms with van der Waals surface area (Å²) in [5, 5.41) is 37.8. The number of halogens is 2. The highest BCUT2D eigenvalue weighted by Gasteiger charge is 2.80. The maximum absolute atomic E-state index is 18.2. The van der Waals surface area contributed by atoms with Gasteiger partial charge in [-0.15, -0.1) is 5.53 Å². The molecule has 40 nitrogen and oxygen atoms in total. The average Bonchev–Trinajstić information content (AvgIpc) is 1.51. The number of likely N-dealkylation sites (N-methyl/N-ethyl adjacent to an activating group) is 2. The van der Waals surface area contributed by atoms with Gasteiger partial charge in [-0.1, -0.05) is 102 Å². The van der Waals surface area contributed by atoms with Crippen molar-refractivity contribution in [1.82, 2.24) is 63.9 Å². The molecule has 3 heterocycles. The molecule has 0 spiro atoms. The van der Waals surface area contributed by atoms with E-state index in [-0.39, 0.29) is 160 Å². The van der Waals surface area contributed by atoms with Crippen LogP contribution in [-0.4, -0.2) is 360 Å². The van der Waals surface area contributed by atoms with E-state index in [1.165, 1.54) is 26.0 Å². The number of para-hydroxylation sites is 1. The number of amides is 7. The number of allylic oxidation sites excluding steroid dienone is 5. The minimum atomic E-state index is -2.43. The molecule has 0 bridgehead atoms. The zero-order valence-corrected chi connectivity index (χ0v) is 88.0. The first kappa shape index (κ1) is 120. The summed E-state index contributed by atoms with van der Waals surface area (Å²) in [6.07, 6.45) is 3.32.